The van der Waals surface area contributed by atoms with Gasteiger partial charge < -0.3 is 19.7 Å². The summed E-state index contributed by atoms with van der Waals surface area (Å²) in [4.78, 5) is 28.2. The van der Waals surface area contributed by atoms with E-state index in [1.165, 1.54) is 11.1 Å². The van der Waals surface area contributed by atoms with Crippen LogP contribution in [0, 0.1) is 0 Å². The second kappa shape index (κ2) is 7.73. The van der Waals surface area contributed by atoms with Crippen LogP contribution in [0.2, 0.25) is 0 Å². The summed E-state index contributed by atoms with van der Waals surface area (Å²) in [5.41, 5.74) is 2.56. The molecular weight excluding hydrogens is 334 g/mol. The first-order valence-corrected chi connectivity index (χ1v) is 9.27. The van der Waals surface area contributed by atoms with E-state index in [-0.39, 0.29) is 24.5 Å². The van der Waals surface area contributed by atoms with Crippen LogP contribution in [0.25, 0.3) is 0 Å². The second-order valence-corrected chi connectivity index (χ2v) is 7.13. The number of hydrogen-bond donors (Lipinski definition) is 1. The van der Waals surface area contributed by atoms with Gasteiger partial charge in [-0.15, -0.1) is 0 Å². The highest BCUT2D eigenvalue weighted by molar-refractivity contribution is 5.81. The van der Waals surface area contributed by atoms with E-state index in [0.29, 0.717) is 32.8 Å². The number of hydrogen-bond acceptors (Lipinski definition) is 5. The molecule has 0 saturated carbocycles. The van der Waals surface area contributed by atoms with Crippen LogP contribution in [-0.2, 0) is 32.0 Å². The molecule has 2 fully saturated rings. The van der Waals surface area contributed by atoms with Crippen molar-refractivity contribution in [3.05, 3.63) is 35.4 Å². The highest BCUT2D eigenvalue weighted by atomic mass is 16.5. The summed E-state index contributed by atoms with van der Waals surface area (Å²) in [6.45, 7) is 4.64. The lowest BCUT2D eigenvalue weighted by molar-refractivity contribution is -0.152. The van der Waals surface area contributed by atoms with Crippen LogP contribution in [0.1, 0.15) is 11.1 Å². The van der Waals surface area contributed by atoms with Crippen molar-refractivity contribution in [3.8, 4) is 0 Å². The molecular formula is C19H25N3O4. The van der Waals surface area contributed by atoms with Crippen LogP contribution < -0.4 is 5.32 Å². The molecule has 1 N–H and O–H groups in total. The van der Waals surface area contributed by atoms with Crippen LogP contribution in [0.4, 0.5) is 0 Å². The minimum atomic E-state index is -0.424. The Labute approximate surface area is 153 Å². The Kier molecular flexibility index (Phi) is 5.19. The SMILES string of the molecule is O=C1COC(CN2CCOC(C(=O)N3CCc4ccccc4C3)C2)CN1. The number of nitrogens with one attached hydrogen (secondary N) is 1. The lowest BCUT2D eigenvalue weighted by Crippen LogP contribution is -2.55. The van der Waals surface area contributed by atoms with Gasteiger partial charge in [-0.1, -0.05) is 24.3 Å². The average molecular weight is 359 g/mol. The van der Waals surface area contributed by atoms with Gasteiger partial charge in [0.15, 0.2) is 0 Å². The first-order chi connectivity index (χ1) is 12.7. The third-order valence-corrected chi connectivity index (χ3v) is 5.31. The molecule has 1 aromatic carbocycles. The van der Waals surface area contributed by atoms with Gasteiger partial charge in [-0.3, -0.25) is 14.5 Å². The molecule has 2 unspecified atom stereocenters. The van der Waals surface area contributed by atoms with E-state index in [2.05, 4.69) is 22.3 Å². The number of ether oxygens (including phenoxy) is 2. The molecule has 140 valence electrons. The predicted octanol–water partition coefficient (Wildman–Crippen LogP) is -0.213. The van der Waals surface area contributed by atoms with Crippen molar-refractivity contribution in [3.63, 3.8) is 0 Å². The quantitative estimate of drug-likeness (QED) is 0.809. The van der Waals surface area contributed by atoms with Gasteiger partial charge >= 0.3 is 0 Å². The summed E-state index contributed by atoms with van der Waals surface area (Å²) < 4.78 is 11.3. The van der Waals surface area contributed by atoms with Gasteiger partial charge in [0.1, 0.15) is 12.7 Å². The maximum absolute atomic E-state index is 12.9. The molecule has 3 aliphatic heterocycles. The molecule has 2 saturated heterocycles. The van der Waals surface area contributed by atoms with Crippen molar-refractivity contribution >= 4 is 11.8 Å². The van der Waals surface area contributed by atoms with E-state index in [1.807, 2.05) is 17.0 Å². The molecule has 0 bridgehead atoms. The lowest BCUT2D eigenvalue weighted by Gasteiger charge is -2.38. The molecule has 0 spiro atoms. The fourth-order valence-electron chi connectivity index (χ4n) is 3.84. The van der Waals surface area contributed by atoms with Crippen LogP contribution in [-0.4, -0.2) is 79.8 Å². The van der Waals surface area contributed by atoms with Crippen LogP contribution in [0.5, 0.6) is 0 Å². The second-order valence-electron chi connectivity index (χ2n) is 7.13. The topological polar surface area (TPSA) is 71.1 Å². The minimum Gasteiger partial charge on any atom is -0.366 e. The minimum absolute atomic E-state index is 0.0246. The monoisotopic (exact) mass is 359 g/mol. The third kappa shape index (κ3) is 3.90. The Morgan fingerprint density at radius 2 is 2.04 bits per heavy atom. The Bertz CT molecular complexity index is 671. The van der Waals surface area contributed by atoms with Crippen molar-refractivity contribution in [2.45, 2.75) is 25.2 Å². The number of carbonyl (C=O) groups is 2. The van der Waals surface area contributed by atoms with Crippen molar-refractivity contribution in [2.24, 2.45) is 0 Å². The molecule has 7 heteroatoms. The Morgan fingerprint density at radius 3 is 2.85 bits per heavy atom. The summed E-state index contributed by atoms with van der Waals surface area (Å²) >= 11 is 0. The smallest absolute Gasteiger partial charge is 0.253 e. The van der Waals surface area contributed by atoms with Crippen molar-refractivity contribution in [2.75, 3.05) is 45.9 Å². The molecule has 0 aliphatic carbocycles. The molecule has 0 aromatic heterocycles. The van der Waals surface area contributed by atoms with E-state index in [0.717, 1.165) is 19.5 Å². The highest BCUT2D eigenvalue weighted by Gasteiger charge is 2.33. The normalized spacial score (nSPS) is 26.9. The first kappa shape index (κ1) is 17.5. The summed E-state index contributed by atoms with van der Waals surface area (Å²) in [5.74, 6) is 0.00345. The summed E-state index contributed by atoms with van der Waals surface area (Å²) in [7, 11) is 0. The maximum Gasteiger partial charge on any atom is 0.253 e. The number of nitrogens with zero attached hydrogens (tertiary/aromatic N) is 2. The van der Waals surface area contributed by atoms with Crippen molar-refractivity contribution < 1.29 is 19.1 Å². The standard InChI is InChI=1S/C19H25N3O4/c23-18-13-26-16(9-20-18)11-21-7-8-25-17(12-21)19(24)22-6-5-14-3-1-2-4-15(14)10-22/h1-4,16-17H,5-13H2,(H,20,23). The van der Waals surface area contributed by atoms with Crippen molar-refractivity contribution in [1.29, 1.82) is 0 Å². The van der Waals surface area contributed by atoms with Gasteiger partial charge in [-0.25, -0.2) is 0 Å². The van der Waals surface area contributed by atoms with Crippen molar-refractivity contribution in [1.82, 2.24) is 15.1 Å². The molecule has 7 nitrogen and oxygen atoms in total. The van der Waals surface area contributed by atoms with E-state index >= 15 is 0 Å². The van der Waals surface area contributed by atoms with Crippen LogP contribution >= 0.6 is 0 Å². The van der Waals surface area contributed by atoms with E-state index in [4.69, 9.17) is 9.47 Å². The van der Waals surface area contributed by atoms with Gasteiger partial charge in [-0.05, 0) is 17.5 Å². The zero-order valence-electron chi connectivity index (χ0n) is 14.9. The highest BCUT2D eigenvalue weighted by Crippen LogP contribution is 2.20. The van der Waals surface area contributed by atoms with E-state index in [1.54, 1.807) is 0 Å². The Hall–Kier alpha value is -1.96. The van der Waals surface area contributed by atoms with E-state index < -0.39 is 6.10 Å². The van der Waals surface area contributed by atoms with Crippen LogP contribution in [0.15, 0.2) is 24.3 Å². The van der Waals surface area contributed by atoms with Crippen LogP contribution in [0.3, 0.4) is 0 Å². The lowest BCUT2D eigenvalue weighted by atomic mass is 9.99. The predicted molar refractivity (Wildman–Crippen MR) is 94.5 cm³/mol. The first-order valence-electron chi connectivity index (χ1n) is 9.27. The number of carbonyl (C=O) groups excluding carboxylic acids is 2. The summed E-state index contributed by atoms with van der Waals surface area (Å²) in [6.07, 6.45) is 0.448. The zero-order valence-corrected chi connectivity index (χ0v) is 14.9. The van der Waals surface area contributed by atoms with Gasteiger partial charge in [0.2, 0.25) is 5.91 Å². The Morgan fingerprint density at radius 1 is 1.19 bits per heavy atom. The molecule has 26 heavy (non-hydrogen) atoms. The summed E-state index contributed by atoms with van der Waals surface area (Å²) in [5, 5.41) is 2.82. The van der Waals surface area contributed by atoms with Gasteiger partial charge in [0.25, 0.3) is 5.91 Å². The summed E-state index contributed by atoms with van der Waals surface area (Å²) in [6, 6.07) is 8.30. The molecule has 2 amide bonds. The maximum atomic E-state index is 12.9. The zero-order chi connectivity index (χ0) is 17.9. The molecule has 1 aromatic rings. The number of amides is 2. The third-order valence-electron chi connectivity index (χ3n) is 5.31. The van der Waals surface area contributed by atoms with Gasteiger partial charge in [0.05, 0.1) is 12.7 Å². The Balaban J connectivity index is 1.33. The number of fused-ring (bicyclic) bond motifs is 1. The average Bonchev–Trinajstić information content (AvgIpc) is 2.69. The molecule has 3 aliphatic rings. The number of morpholine rings is 2. The molecule has 4 rings (SSSR count). The van der Waals surface area contributed by atoms with Gasteiger partial charge in [0, 0.05) is 39.3 Å². The van der Waals surface area contributed by atoms with E-state index in [9.17, 15) is 9.59 Å². The molecule has 0 radical (unpaired) electrons. The number of rotatable bonds is 3. The molecule has 2 atom stereocenters. The molecule has 3 heterocycles. The number of benzene rings is 1. The van der Waals surface area contributed by atoms with Gasteiger partial charge in [-0.2, -0.15) is 0 Å². The largest absolute Gasteiger partial charge is 0.366 e. The fraction of sp³-hybridized carbons (Fsp3) is 0.579. The fourth-order valence-corrected chi connectivity index (χ4v) is 3.84.